The molecule has 0 aliphatic heterocycles. The molecule has 6 nitrogen and oxygen atoms in total. The average Bonchev–Trinajstić information content (AvgIpc) is 2.66. The van der Waals surface area contributed by atoms with E-state index in [1.165, 1.54) is 7.11 Å². The van der Waals surface area contributed by atoms with Gasteiger partial charge < -0.3 is 20.5 Å². The maximum absolute atomic E-state index is 11.6. The second-order valence-electron chi connectivity index (χ2n) is 5.50. The number of nitrogens with one attached hydrogen (secondary N) is 1. The highest BCUT2D eigenvalue weighted by molar-refractivity contribution is 5.97. The van der Waals surface area contributed by atoms with Crippen molar-refractivity contribution in [2.24, 2.45) is 5.73 Å². The largest absolute Gasteiger partial charge is 0.497 e. The van der Waals surface area contributed by atoms with Gasteiger partial charge in [-0.15, -0.1) is 0 Å². The highest BCUT2D eigenvalue weighted by atomic mass is 16.5. The molecule has 0 heterocycles. The molecule has 136 valence electrons. The van der Waals surface area contributed by atoms with Gasteiger partial charge in [-0.2, -0.15) is 0 Å². The fourth-order valence-corrected chi connectivity index (χ4v) is 2.26. The van der Waals surface area contributed by atoms with E-state index < -0.39 is 12.0 Å². The van der Waals surface area contributed by atoms with Crippen LogP contribution in [0.3, 0.4) is 0 Å². The number of alkyl carbamates (subject to hydrolysis) is 1. The van der Waals surface area contributed by atoms with Crippen LogP contribution in [0, 0.1) is 0 Å². The topological polar surface area (TPSA) is 90.7 Å². The highest BCUT2D eigenvalue weighted by Crippen LogP contribution is 2.18. The molecule has 26 heavy (non-hydrogen) atoms. The number of rotatable bonds is 8. The van der Waals surface area contributed by atoms with Gasteiger partial charge in [0.15, 0.2) is 0 Å². The number of hydrogen-bond donors (Lipinski definition) is 2. The van der Waals surface area contributed by atoms with E-state index in [2.05, 4.69) is 5.32 Å². The Balaban J connectivity index is 1.77. The van der Waals surface area contributed by atoms with Crippen molar-refractivity contribution < 1.29 is 19.1 Å². The number of ether oxygens (including phenoxy) is 2. The zero-order chi connectivity index (χ0) is 18.8. The SMILES string of the molecule is COc1ccc(C=CCCNC(=O)OCc2ccccc2)c(C(N)=O)c1. The molecule has 0 saturated carbocycles. The first-order chi connectivity index (χ1) is 12.6. The molecule has 0 saturated heterocycles. The Labute approximate surface area is 152 Å². The van der Waals surface area contributed by atoms with Crippen molar-refractivity contribution in [1.29, 1.82) is 0 Å². The predicted molar refractivity (Wildman–Crippen MR) is 99.8 cm³/mol. The lowest BCUT2D eigenvalue weighted by Crippen LogP contribution is -2.24. The van der Waals surface area contributed by atoms with Crippen LogP contribution in [0.1, 0.15) is 27.9 Å². The van der Waals surface area contributed by atoms with Crippen LogP contribution in [-0.2, 0) is 11.3 Å². The predicted octanol–water partition coefficient (Wildman–Crippen LogP) is 3.12. The molecule has 2 rings (SSSR count). The third-order valence-electron chi connectivity index (χ3n) is 3.62. The van der Waals surface area contributed by atoms with Gasteiger partial charge in [0.1, 0.15) is 12.4 Å². The van der Waals surface area contributed by atoms with Crippen LogP contribution in [-0.4, -0.2) is 25.7 Å². The molecule has 6 heteroatoms. The smallest absolute Gasteiger partial charge is 0.407 e. The molecule has 0 radical (unpaired) electrons. The summed E-state index contributed by atoms with van der Waals surface area (Å²) in [5.41, 5.74) is 7.40. The summed E-state index contributed by atoms with van der Waals surface area (Å²) in [6, 6.07) is 14.6. The van der Waals surface area contributed by atoms with E-state index in [1.807, 2.05) is 36.4 Å². The second kappa shape index (κ2) is 9.88. The highest BCUT2D eigenvalue weighted by Gasteiger charge is 2.07. The average molecular weight is 354 g/mol. The van der Waals surface area contributed by atoms with E-state index in [9.17, 15) is 9.59 Å². The van der Waals surface area contributed by atoms with Crippen molar-refractivity contribution in [2.45, 2.75) is 13.0 Å². The van der Waals surface area contributed by atoms with E-state index in [0.29, 0.717) is 29.8 Å². The van der Waals surface area contributed by atoms with Crippen LogP contribution in [0.5, 0.6) is 5.75 Å². The first-order valence-corrected chi connectivity index (χ1v) is 8.19. The third-order valence-corrected chi connectivity index (χ3v) is 3.62. The molecule has 2 aromatic carbocycles. The fraction of sp³-hybridized carbons (Fsp3) is 0.200. The van der Waals surface area contributed by atoms with Gasteiger partial charge in [-0.25, -0.2) is 4.79 Å². The zero-order valence-electron chi connectivity index (χ0n) is 14.6. The molecule has 0 spiro atoms. The Bertz CT molecular complexity index is 773. The quantitative estimate of drug-likeness (QED) is 0.713. The summed E-state index contributed by atoms with van der Waals surface area (Å²) >= 11 is 0. The van der Waals surface area contributed by atoms with Crippen LogP contribution in [0.25, 0.3) is 6.08 Å². The molecule has 0 bridgehead atoms. The number of primary amides is 1. The maximum Gasteiger partial charge on any atom is 0.407 e. The van der Waals surface area contributed by atoms with E-state index in [4.69, 9.17) is 15.2 Å². The molecule has 0 aliphatic carbocycles. The van der Waals surface area contributed by atoms with Gasteiger partial charge in [0.25, 0.3) is 0 Å². The lowest BCUT2D eigenvalue weighted by atomic mass is 10.1. The molecular formula is C20H22N2O4. The molecule has 0 fully saturated rings. The molecule has 0 unspecified atom stereocenters. The Kier molecular flexibility index (Phi) is 7.24. The standard InChI is InChI=1S/C20H22N2O4/c1-25-17-11-10-16(18(13-17)19(21)23)9-5-6-12-22-20(24)26-14-15-7-3-2-4-8-15/h2-5,7-11,13H,6,12,14H2,1H3,(H2,21,23)(H,22,24). The first kappa shape index (κ1) is 19.1. The zero-order valence-corrected chi connectivity index (χ0v) is 14.6. The summed E-state index contributed by atoms with van der Waals surface area (Å²) in [7, 11) is 1.53. The van der Waals surface area contributed by atoms with E-state index in [0.717, 1.165) is 5.56 Å². The minimum atomic E-state index is -0.522. The lowest BCUT2D eigenvalue weighted by molar-refractivity contribution is 0.0999. The van der Waals surface area contributed by atoms with Gasteiger partial charge in [-0.05, 0) is 29.7 Å². The van der Waals surface area contributed by atoms with E-state index in [1.54, 1.807) is 24.3 Å². The van der Waals surface area contributed by atoms with Crippen molar-refractivity contribution in [2.75, 3.05) is 13.7 Å². The van der Waals surface area contributed by atoms with Crippen LogP contribution in [0.2, 0.25) is 0 Å². The molecule has 0 aromatic heterocycles. The second-order valence-corrected chi connectivity index (χ2v) is 5.50. The maximum atomic E-state index is 11.6. The summed E-state index contributed by atoms with van der Waals surface area (Å²) in [6.45, 7) is 0.655. The Morgan fingerprint density at radius 1 is 1.15 bits per heavy atom. The first-order valence-electron chi connectivity index (χ1n) is 8.19. The third kappa shape index (κ3) is 5.98. The summed E-state index contributed by atoms with van der Waals surface area (Å²) in [4.78, 5) is 23.1. The van der Waals surface area contributed by atoms with Gasteiger partial charge in [0.05, 0.1) is 7.11 Å². The molecule has 3 N–H and O–H groups in total. The van der Waals surface area contributed by atoms with Gasteiger partial charge in [0, 0.05) is 12.1 Å². The van der Waals surface area contributed by atoms with Crippen LogP contribution >= 0.6 is 0 Å². The van der Waals surface area contributed by atoms with Gasteiger partial charge >= 0.3 is 6.09 Å². The monoisotopic (exact) mass is 354 g/mol. The lowest BCUT2D eigenvalue weighted by Gasteiger charge is -2.06. The molecule has 0 aliphatic rings. The minimum Gasteiger partial charge on any atom is -0.497 e. The number of benzene rings is 2. The number of hydrogen-bond acceptors (Lipinski definition) is 4. The summed E-state index contributed by atoms with van der Waals surface area (Å²) in [5.74, 6) is 0.0462. The Morgan fingerprint density at radius 3 is 2.62 bits per heavy atom. The molecule has 2 amide bonds. The van der Waals surface area contributed by atoms with Crippen molar-refractivity contribution in [3.8, 4) is 5.75 Å². The van der Waals surface area contributed by atoms with Gasteiger partial charge in [-0.3, -0.25) is 4.79 Å². The molecular weight excluding hydrogens is 332 g/mol. The van der Waals surface area contributed by atoms with Crippen molar-refractivity contribution in [1.82, 2.24) is 5.32 Å². The Morgan fingerprint density at radius 2 is 1.92 bits per heavy atom. The minimum absolute atomic E-state index is 0.232. The van der Waals surface area contributed by atoms with Crippen molar-refractivity contribution >= 4 is 18.1 Å². The molecule has 0 atom stereocenters. The van der Waals surface area contributed by atoms with Crippen LogP contribution in [0.4, 0.5) is 4.79 Å². The van der Waals surface area contributed by atoms with Crippen LogP contribution in [0.15, 0.2) is 54.6 Å². The van der Waals surface area contributed by atoms with Crippen LogP contribution < -0.4 is 15.8 Å². The summed E-state index contributed by atoms with van der Waals surface area (Å²) in [6.07, 6.45) is 3.76. The Hall–Kier alpha value is -3.28. The summed E-state index contributed by atoms with van der Waals surface area (Å²) in [5, 5.41) is 2.67. The van der Waals surface area contributed by atoms with E-state index >= 15 is 0 Å². The number of carbonyl (C=O) groups excluding carboxylic acids is 2. The number of nitrogens with two attached hydrogens (primary N) is 1. The van der Waals surface area contributed by atoms with Crippen molar-refractivity contribution in [3.05, 3.63) is 71.3 Å². The normalized spacial score (nSPS) is 10.5. The van der Waals surface area contributed by atoms with Gasteiger partial charge in [-0.1, -0.05) is 48.6 Å². The number of methoxy groups -OCH3 is 1. The van der Waals surface area contributed by atoms with E-state index in [-0.39, 0.29) is 6.61 Å². The number of amides is 2. The number of carbonyl (C=O) groups is 2. The summed E-state index contributed by atoms with van der Waals surface area (Å²) < 4.78 is 10.2. The fourth-order valence-electron chi connectivity index (χ4n) is 2.26. The van der Waals surface area contributed by atoms with Gasteiger partial charge in [0.2, 0.25) is 5.91 Å². The van der Waals surface area contributed by atoms with Crippen molar-refractivity contribution in [3.63, 3.8) is 0 Å². The molecule has 2 aromatic rings.